The first-order valence-electron chi connectivity index (χ1n) is 7.41. The number of nitrogens with zero attached hydrogens (tertiary/aromatic N) is 2. The summed E-state index contributed by atoms with van der Waals surface area (Å²) in [6.45, 7) is 0. The number of fused-ring (bicyclic) bond motifs is 1. The van der Waals surface area contributed by atoms with Crippen LogP contribution in [0.25, 0.3) is 33.4 Å². The van der Waals surface area contributed by atoms with Crippen molar-refractivity contribution < 1.29 is 9.26 Å². The van der Waals surface area contributed by atoms with Crippen molar-refractivity contribution in [1.82, 2.24) is 10.1 Å². The predicted molar refractivity (Wildman–Crippen MR) is 94.2 cm³/mol. The fraction of sp³-hybridized carbons (Fsp3) is 0.0526. The number of rotatable bonds is 3. The molecule has 2 aromatic carbocycles. The molecule has 0 unspecified atom stereocenters. The van der Waals surface area contributed by atoms with Crippen molar-refractivity contribution in [3.05, 3.63) is 65.9 Å². The van der Waals surface area contributed by atoms with Gasteiger partial charge in [-0.3, -0.25) is 4.98 Å². The summed E-state index contributed by atoms with van der Waals surface area (Å²) < 4.78 is 11.1. The Bertz CT molecular complexity index is 1030. The molecule has 0 aliphatic heterocycles. The Kier molecular flexibility index (Phi) is 3.67. The van der Waals surface area contributed by atoms with E-state index in [1.54, 1.807) is 25.6 Å². The van der Waals surface area contributed by atoms with Crippen LogP contribution >= 0.6 is 11.6 Å². The van der Waals surface area contributed by atoms with Gasteiger partial charge < -0.3 is 9.26 Å². The van der Waals surface area contributed by atoms with Gasteiger partial charge in [-0.2, -0.15) is 0 Å². The molecule has 0 N–H and O–H groups in total. The van der Waals surface area contributed by atoms with Crippen LogP contribution in [0.1, 0.15) is 0 Å². The lowest BCUT2D eigenvalue weighted by Gasteiger charge is -2.06. The molecule has 4 aromatic rings. The van der Waals surface area contributed by atoms with Crippen molar-refractivity contribution in [3.63, 3.8) is 0 Å². The zero-order chi connectivity index (χ0) is 16.5. The van der Waals surface area contributed by atoms with Crippen LogP contribution in [0.15, 0.2) is 65.4 Å². The number of ether oxygens (including phenoxy) is 1. The molecule has 118 valence electrons. The number of benzene rings is 2. The number of aromatic nitrogens is 2. The summed E-state index contributed by atoms with van der Waals surface area (Å²) in [5, 5.41) is 5.79. The number of methoxy groups -OCH3 is 1. The number of halogens is 1. The van der Waals surface area contributed by atoms with Crippen molar-refractivity contribution in [3.8, 4) is 28.1 Å². The summed E-state index contributed by atoms with van der Waals surface area (Å²) in [6, 6.07) is 15.4. The van der Waals surface area contributed by atoms with Crippen LogP contribution in [0, 0.1) is 0 Å². The summed E-state index contributed by atoms with van der Waals surface area (Å²) in [4.78, 5) is 4.15. The molecule has 0 bridgehead atoms. The topological polar surface area (TPSA) is 48.2 Å². The number of para-hydroxylation sites is 2. The Labute approximate surface area is 143 Å². The van der Waals surface area contributed by atoms with E-state index in [-0.39, 0.29) is 0 Å². The minimum Gasteiger partial charge on any atom is -0.496 e. The molecule has 2 heterocycles. The van der Waals surface area contributed by atoms with Gasteiger partial charge in [0, 0.05) is 29.1 Å². The van der Waals surface area contributed by atoms with Crippen LogP contribution in [-0.4, -0.2) is 17.3 Å². The zero-order valence-electron chi connectivity index (χ0n) is 12.9. The first-order valence-corrected chi connectivity index (χ1v) is 7.79. The molecule has 24 heavy (non-hydrogen) atoms. The van der Waals surface area contributed by atoms with Crippen LogP contribution in [0.4, 0.5) is 0 Å². The van der Waals surface area contributed by atoms with Crippen molar-refractivity contribution in [1.29, 1.82) is 0 Å². The van der Waals surface area contributed by atoms with E-state index in [1.165, 1.54) is 0 Å². The van der Waals surface area contributed by atoms with Gasteiger partial charge in [0.25, 0.3) is 0 Å². The van der Waals surface area contributed by atoms with Crippen LogP contribution in [0.5, 0.6) is 5.75 Å². The highest BCUT2D eigenvalue weighted by atomic mass is 35.5. The largest absolute Gasteiger partial charge is 0.496 e. The normalized spacial score (nSPS) is 10.9. The molecule has 2 aromatic heterocycles. The van der Waals surface area contributed by atoms with Crippen molar-refractivity contribution in [2.45, 2.75) is 0 Å². The third-order valence-electron chi connectivity index (χ3n) is 3.92. The van der Waals surface area contributed by atoms with Crippen molar-refractivity contribution in [2.75, 3.05) is 7.11 Å². The second-order valence-electron chi connectivity index (χ2n) is 5.27. The summed E-state index contributed by atoms with van der Waals surface area (Å²) >= 11 is 6.31. The molecule has 0 radical (unpaired) electrons. The average Bonchev–Trinajstić information content (AvgIpc) is 3.06. The molecular weight excluding hydrogens is 324 g/mol. The fourth-order valence-electron chi connectivity index (χ4n) is 2.78. The van der Waals surface area contributed by atoms with Gasteiger partial charge in [-0.05, 0) is 24.3 Å². The minimum atomic E-state index is 0.618. The lowest BCUT2D eigenvalue weighted by atomic mass is 10.0. The fourth-order valence-corrected chi connectivity index (χ4v) is 2.99. The monoisotopic (exact) mass is 336 g/mol. The van der Waals surface area contributed by atoms with Gasteiger partial charge in [0.05, 0.1) is 17.5 Å². The van der Waals surface area contributed by atoms with E-state index < -0.39 is 0 Å². The number of hydrogen-bond donors (Lipinski definition) is 0. The minimum absolute atomic E-state index is 0.618. The van der Waals surface area contributed by atoms with Gasteiger partial charge in [0.1, 0.15) is 11.4 Å². The molecule has 5 heteroatoms. The van der Waals surface area contributed by atoms with Gasteiger partial charge in [0.15, 0.2) is 5.58 Å². The van der Waals surface area contributed by atoms with Gasteiger partial charge in [0.2, 0.25) is 0 Å². The predicted octanol–water partition coefficient (Wildman–Crippen LogP) is 5.22. The van der Waals surface area contributed by atoms with E-state index >= 15 is 0 Å². The van der Waals surface area contributed by atoms with Crippen molar-refractivity contribution >= 4 is 22.6 Å². The smallest absolute Gasteiger partial charge is 0.175 e. The maximum absolute atomic E-state index is 6.31. The molecule has 0 spiro atoms. The van der Waals surface area contributed by atoms with Crippen LogP contribution in [-0.2, 0) is 0 Å². The quantitative estimate of drug-likeness (QED) is 0.514. The highest BCUT2D eigenvalue weighted by Crippen LogP contribution is 2.39. The van der Waals surface area contributed by atoms with E-state index in [4.69, 9.17) is 20.9 Å². The van der Waals surface area contributed by atoms with Crippen molar-refractivity contribution in [2.24, 2.45) is 0 Å². The van der Waals surface area contributed by atoms with E-state index in [2.05, 4.69) is 10.1 Å². The van der Waals surface area contributed by atoms with Crippen LogP contribution in [0.2, 0.25) is 5.02 Å². The van der Waals surface area contributed by atoms with Gasteiger partial charge in [-0.25, -0.2) is 0 Å². The molecule has 0 saturated heterocycles. The molecule has 0 aliphatic carbocycles. The Balaban J connectivity index is 1.97. The van der Waals surface area contributed by atoms with Crippen LogP contribution < -0.4 is 4.74 Å². The van der Waals surface area contributed by atoms with E-state index in [1.807, 2.05) is 42.5 Å². The Morgan fingerprint density at radius 2 is 1.79 bits per heavy atom. The second-order valence-corrected chi connectivity index (χ2v) is 5.68. The van der Waals surface area contributed by atoms with Gasteiger partial charge in [-0.15, -0.1) is 0 Å². The first-order chi connectivity index (χ1) is 11.8. The van der Waals surface area contributed by atoms with E-state index in [0.717, 1.165) is 33.5 Å². The van der Waals surface area contributed by atoms with E-state index in [9.17, 15) is 0 Å². The lowest BCUT2D eigenvalue weighted by Crippen LogP contribution is -1.87. The third-order valence-corrected chi connectivity index (χ3v) is 4.25. The summed E-state index contributed by atoms with van der Waals surface area (Å²) in [5.74, 6) is 0.748. The highest BCUT2D eigenvalue weighted by Gasteiger charge is 2.18. The standard InChI is InChI=1S/C19H13ClN2O2/c1-23-17-8-3-2-5-13(17)18-14-7-4-6-12(19(14)24-22-18)15-11-21-10-9-16(15)20/h2-11H,1H3. The summed E-state index contributed by atoms with van der Waals surface area (Å²) in [7, 11) is 1.64. The highest BCUT2D eigenvalue weighted by molar-refractivity contribution is 6.33. The Hall–Kier alpha value is -2.85. The lowest BCUT2D eigenvalue weighted by molar-refractivity contribution is 0.415. The SMILES string of the molecule is COc1ccccc1-c1noc2c(-c3cnccc3Cl)cccc12. The molecule has 4 rings (SSSR count). The molecule has 0 amide bonds. The average molecular weight is 337 g/mol. The number of pyridine rings is 1. The summed E-state index contributed by atoms with van der Waals surface area (Å²) in [6.07, 6.45) is 3.38. The molecule has 4 nitrogen and oxygen atoms in total. The number of hydrogen-bond acceptors (Lipinski definition) is 4. The first kappa shape index (κ1) is 14.7. The second kappa shape index (κ2) is 5.98. The molecule has 0 aliphatic rings. The van der Waals surface area contributed by atoms with Crippen LogP contribution in [0.3, 0.4) is 0 Å². The maximum atomic E-state index is 6.31. The molecular formula is C19H13ClN2O2. The maximum Gasteiger partial charge on any atom is 0.175 e. The Morgan fingerprint density at radius 3 is 2.62 bits per heavy atom. The van der Waals surface area contributed by atoms with E-state index in [0.29, 0.717) is 10.6 Å². The third kappa shape index (κ3) is 2.32. The van der Waals surface area contributed by atoms with Gasteiger partial charge in [-0.1, -0.05) is 41.0 Å². The molecule has 0 saturated carbocycles. The molecule has 0 fully saturated rings. The Morgan fingerprint density at radius 1 is 0.958 bits per heavy atom. The molecule has 0 atom stereocenters. The zero-order valence-corrected chi connectivity index (χ0v) is 13.6. The summed E-state index contributed by atoms with van der Waals surface area (Å²) in [5.41, 5.74) is 3.97. The van der Waals surface area contributed by atoms with Gasteiger partial charge >= 0.3 is 0 Å².